The maximum atomic E-state index is 13.0. The van der Waals surface area contributed by atoms with Crippen LogP contribution in [-0.2, 0) is 4.79 Å². The fourth-order valence-corrected chi connectivity index (χ4v) is 2.68. The minimum atomic E-state index is -0.810. The molecule has 1 aromatic carbocycles. The molecule has 19 heavy (non-hydrogen) atoms. The van der Waals surface area contributed by atoms with Crippen LogP contribution in [0.3, 0.4) is 0 Å². The number of nitrogens with zero attached hydrogens (tertiary/aromatic N) is 1. The van der Waals surface area contributed by atoms with E-state index in [9.17, 15) is 14.0 Å². The van der Waals surface area contributed by atoms with Crippen molar-refractivity contribution in [3.63, 3.8) is 0 Å². The second-order valence-electron chi connectivity index (χ2n) is 4.53. The number of benzene rings is 1. The van der Waals surface area contributed by atoms with Crippen molar-refractivity contribution in [2.75, 3.05) is 13.1 Å². The molecule has 6 heteroatoms. The highest BCUT2D eigenvalue weighted by Gasteiger charge is 2.28. The highest BCUT2D eigenvalue weighted by atomic mass is 79.9. The van der Waals surface area contributed by atoms with E-state index in [1.54, 1.807) is 4.90 Å². The molecule has 1 aliphatic rings. The van der Waals surface area contributed by atoms with Crippen molar-refractivity contribution < 1.29 is 19.1 Å². The number of carboxylic acid groups (broad SMARTS) is 1. The van der Waals surface area contributed by atoms with E-state index in [1.807, 2.05) is 0 Å². The van der Waals surface area contributed by atoms with Crippen LogP contribution in [0.4, 0.5) is 4.39 Å². The van der Waals surface area contributed by atoms with E-state index in [4.69, 9.17) is 5.11 Å². The lowest BCUT2D eigenvalue weighted by Gasteiger charge is -2.30. The Hall–Kier alpha value is -1.43. The summed E-state index contributed by atoms with van der Waals surface area (Å²) >= 11 is 3.17. The molecule has 0 aromatic heterocycles. The lowest BCUT2D eigenvalue weighted by atomic mass is 9.96. The van der Waals surface area contributed by atoms with E-state index >= 15 is 0 Å². The Morgan fingerprint density at radius 3 is 2.47 bits per heavy atom. The van der Waals surface area contributed by atoms with Gasteiger partial charge in [-0.1, -0.05) is 0 Å². The molecular formula is C13H13BrFNO3. The smallest absolute Gasteiger partial charge is 0.306 e. The number of likely N-dealkylation sites (tertiary alicyclic amines) is 1. The third-order valence-electron chi connectivity index (χ3n) is 3.29. The molecule has 0 spiro atoms. The van der Waals surface area contributed by atoms with Gasteiger partial charge in [0.2, 0.25) is 0 Å². The topological polar surface area (TPSA) is 57.6 Å². The predicted octanol–water partition coefficient (Wildman–Crippen LogP) is 2.53. The number of halogens is 2. The molecule has 1 fully saturated rings. The zero-order valence-corrected chi connectivity index (χ0v) is 11.7. The summed E-state index contributed by atoms with van der Waals surface area (Å²) in [5.74, 6) is -1.79. The zero-order chi connectivity index (χ0) is 14.0. The van der Waals surface area contributed by atoms with Crippen molar-refractivity contribution in [1.29, 1.82) is 0 Å². The van der Waals surface area contributed by atoms with Crippen LogP contribution in [0.25, 0.3) is 0 Å². The zero-order valence-electron chi connectivity index (χ0n) is 10.1. The number of hydrogen-bond acceptors (Lipinski definition) is 2. The standard InChI is InChI=1S/C13H13BrFNO3/c14-11-7-9(15)1-2-10(11)12(17)16-5-3-8(4-6-16)13(18)19/h1-2,7-8H,3-6H2,(H,18,19). The van der Waals surface area contributed by atoms with Gasteiger partial charge in [0.1, 0.15) is 5.82 Å². The van der Waals surface area contributed by atoms with Gasteiger partial charge < -0.3 is 10.0 Å². The van der Waals surface area contributed by atoms with Gasteiger partial charge >= 0.3 is 5.97 Å². The molecule has 1 heterocycles. The van der Waals surface area contributed by atoms with Crippen LogP contribution in [-0.4, -0.2) is 35.0 Å². The van der Waals surface area contributed by atoms with Crippen molar-refractivity contribution >= 4 is 27.8 Å². The van der Waals surface area contributed by atoms with Crippen molar-refractivity contribution in [2.45, 2.75) is 12.8 Å². The molecule has 0 radical (unpaired) electrons. The quantitative estimate of drug-likeness (QED) is 0.907. The van der Waals surface area contributed by atoms with E-state index in [2.05, 4.69) is 15.9 Å². The first-order valence-corrected chi connectivity index (χ1v) is 6.75. The molecule has 4 nitrogen and oxygen atoms in total. The second-order valence-corrected chi connectivity index (χ2v) is 5.38. The van der Waals surface area contributed by atoms with Crippen LogP contribution in [0.2, 0.25) is 0 Å². The lowest BCUT2D eigenvalue weighted by Crippen LogP contribution is -2.40. The fraction of sp³-hybridized carbons (Fsp3) is 0.385. The predicted molar refractivity (Wildman–Crippen MR) is 70.4 cm³/mol. The third-order valence-corrected chi connectivity index (χ3v) is 3.95. The summed E-state index contributed by atoms with van der Waals surface area (Å²) in [7, 11) is 0. The second kappa shape index (κ2) is 5.69. The molecule has 102 valence electrons. The molecule has 1 aromatic rings. The summed E-state index contributed by atoms with van der Waals surface area (Å²) in [6.07, 6.45) is 0.916. The van der Waals surface area contributed by atoms with E-state index < -0.39 is 11.8 Å². The van der Waals surface area contributed by atoms with Crippen LogP contribution in [0.5, 0.6) is 0 Å². The monoisotopic (exact) mass is 329 g/mol. The molecule has 0 aliphatic carbocycles. The summed E-state index contributed by atoms with van der Waals surface area (Å²) in [6.45, 7) is 0.833. The van der Waals surface area contributed by atoms with Gasteiger partial charge in [-0.2, -0.15) is 0 Å². The summed E-state index contributed by atoms with van der Waals surface area (Å²) in [5, 5.41) is 8.90. The first-order valence-electron chi connectivity index (χ1n) is 5.96. The highest BCUT2D eigenvalue weighted by molar-refractivity contribution is 9.10. The van der Waals surface area contributed by atoms with Crippen LogP contribution in [0, 0.1) is 11.7 Å². The first-order chi connectivity index (χ1) is 8.99. The number of rotatable bonds is 2. The Balaban J connectivity index is 2.07. The van der Waals surface area contributed by atoms with Crippen molar-refractivity contribution in [3.05, 3.63) is 34.1 Å². The summed E-state index contributed by atoms with van der Waals surface area (Å²) in [6, 6.07) is 3.92. The third kappa shape index (κ3) is 3.12. The maximum absolute atomic E-state index is 13.0. The maximum Gasteiger partial charge on any atom is 0.306 e. The molecule has 1 amide bonds. The SMILES string of the molecule is O=C(O)C1CCN(C(=O)c2ccc(F)cc2Br)CC1. The van der Waals surface area contributed by atoms with Gasteiger partial charge in [0, 0.05) is 17.6 Å². The van der Waals surface area contributed by atoms with Crippen LogP contribution < -0.4 is 0 Å². The summed E-state index contributed by atoms with van der Waals surface area (Å²) in [5.41, 5.74) is 0.398. The van der Waals surface area contributed by atoms with E-state index in [1.165, 1.54) is 18.2 Å². The molecule has 0 atom stereocenters. The molecule has 0 bridgehead atoms. The first kappa shape index (κ1) is 14.0. The summed E-state index contributed by atoms with van der Waals surface area (Å²) < 4.78 is 13.4. The number of piperidine rings is 1. The number of carbonyl (C=O) groups is 2. The van der Waals surface area contributed by atoms with Gasteiger partial charge in [-0.3, -0.25) is 9.59 Å². The number of aliphatic carboxylic acids is 1. The normalized spacial score (nSPS) is 16.4. The Labute approximate surface area is 118 Å². The molecule has 0 saturated carbocycles. The van der Waals surface area contributed by atoms with Gasteiger partial charge in [-0.05, 0) is 47.0 Å². The van der Waals surface area contributed by atoms with E-state index in [0.717, 1.165) is 0 Å². The average Bonchev–Trinajstić information content (AvgIpc) is 2.38. The lowest BCUT2D eigenvalue weighted by molar-refractivity contribution is -0.143. The Bertz CT molecular complexity index is 513. The summed E-state index contributed by atoms with van der Waals surface area (Å²) in [4.78, 5) is 24.7. The number of hydrogen-bond donors (Lipinski definition) is 1. The Kier molecular flexibility index (Phi) is 4.19. The fourth-order valence-electron chi connectivity index (χ4n) is 2.16. The van der Waals surface area contributed by atoms with Gasteiger partial charge in [-0.25, -0.2) is 4.39 Å². The van der Waals surface area contributed by atoms with E-state index in [-0.39, 0.29) is 11.8 Å². The van der Waals surface area contributed by atoms with Crippen molar-refractivity contribution in [3.8, 4) is 0 Å². The van der Waals surface area contributed by atoms with Crippen LogP contribution in [0.15, 0.2) is 22.7 Å². The minimum absolute atomic E-state index is 0.198. The van der Waals surface area contributed by atoms with Gasteiger partial charge in [-0.15, -0.1) is 0 Å². The van der Waals surface area contributed by atoms with Gasteiger partial charge in [0.15, 0.2) is 0 Å². The molecular weight excluding hydrogens is 317 g/mol. The van der Waals surface area contributed by atoms with E-state index in [0.29, 0.717) is 36.0 Å². The van der Waals surface area contributed by atoms with Gasteiger partial charge in [0.25, 0.3) is 5.91 Å². The Morgan fingerprint density at radius 2 is 1.95 bits per heavy atom. The number of amides is 1. The molecule has 2 rings (SSSR count). The number of carboxylic acids is 1. The Morgan fingerprint density at radius 1 is 1.32 bits per heavy atom. The van der Waals surface area contributed by atoms with Crippen molar-refractivity contribution in [2.24, 2.45) is 5.92 Å². The average molecular weight is 330 g/mol. The highest BCUT2D eigenvalue weighted by Crippen LogP contribution is 2.23. The molecule has 0 unspecified atom stereocenters. The van der Waals surface area contributed by atoms with Gasteiger partial charge in [0.05, 0.1) is 11.5 Å². The molecule has 1 N–H and O–H groups in total. The molecule has 1 saturated heterocycles. The van der Waals surface area contributed by atoms with Crippen molar-refractivity contribution in [1.82, 2.24) is 4.90 Å². The minimum Gasteiger partial charge on any atom is -0.481 e. The largest absolute Gasteiger partial charge is 0.481 e. The number of carbonyl (C=O) groups excluding carboxylic acids is 1. The van der Waals surface area contributed by atoms with Crippen LogP contribution >= 0.6 is 15.9 Å². The van der Waals surface area contributed by atoms with Crippen LogP contribution in [0.1, 0.15) is 23.2 Å². The molecule has 1 aliphatic heterocycles.